The van der Waals surface area contributed by atoms with Crippen molar-refractivity contribution in [3.63, 3.8) is 0 Å². The lowest BCUT2D eigenvalue weighted by molar-refractivity contribution is 0.451. The van der Waals surface area contributed by atoms with Gasteiger partial charge in [0.2, 0.25) is 11.6 Å². The number of pyridine rings is 1. The van der Waals surface area contributed by atoms with Crippen molar-refractivity contribution in [2.24, 2.45) is 0 Å². The van der Waals surface area contributed by atoms with Crippen molar-refractivity contribution in [2.45, 2.75) is 0 Å². The van der Waals surface area contributed by atoms with Crippen LogP contribution in [0.2, 0.25) is 15.2 Å². The molecule has 0 aliphatic heterocycles. The lowest BCUT2D eigenvalue weighted by atomic mass is 10.2. The summed E-state index contributed by atoms with van der Waals surface area (Å²) in [5.74, 6) is 0.315. The molecular weight excluding hydrogens is 335 g/mol. The van der Waals surface area contributed by atoms with Crippen LogP contribution in [0.4, 0.5) is 0 Å². The van der Waals surface area contributed by atoms with Gasteiger partial charge in [0, 0.05) is 0 Å². The molecule has 3 rings (SSSR count). The molecule has 0 atom stereocenters. The molecule has 0 radical (unpaired) electrons. The topological polar surface area (TPSA) is 59.0 Å². The lowest BCUT2D eigenvalue weighted by Crippen LogP contribution is -1.91. The van der Waals surface area contributed by atoms with Gasteiger partial charge in [0.15, 0.2) is 10.9 Å². The van der Waals surface area contributed by atoms with Gasteiger partial charge in [0.1, 0.15) is 16.7 Å². The van der Waals surface area contributed by atoms with Crippen molar-refractivity contribution in [1.82, 2.24) is 4.98 Å². The zero-order valence-corrected chi connectivity index (χ0v) is 12.5. The molecule has 0 fully saturated rings. The Hall–Kier alpha value is -1.93. The van der Waals surface area contributed by atoms with Gasteiger partial charge < -0.3 is 9.15 Å². The second-order valence-electron chi connectivity index (χ2n) is 4.02. The van der Waals surface area contributed by atoms with Crippen LogP contribution in [-0.2, 0) is 0 Å². The fraction of sp³-hybridized carbons (Fsp3) is 0. The van der Waals surface area contributed by atoms with Crippen LogP contribution in [0.1, 0.15) is 5.76 Å². The minimum atomic E-state index is 0.0279. The average molecular weight is 340 g/mol. The molecule has 0 aliphatic carbocycles. The molecule has 104 valence electrons. The third-order valence-electron chi connectivity index (χ3n) is 2.70. The van der Waals surface area contributed by atoms with Gasteiger partial charge in [-0.15, -0.1) is 0 Å². The molecular formula is C14H5Cl3N2O2. The number of hydrogen-bond acceptors (Lipinski definition) is 4. The lowest BCUT2D eigenvalue weighted by Gasteiger charge is -2.06. The Morgan fingerprint density at radius 2 is 1.90 bits per heavy atom. The van der Waals surface area contributed by atoms with Crippen LogP contribution >= 0.6 is 34.8 Å². The van der Waals surface area contributed by atoms with E-state index in [1.165, 1.54) is 6.07 Å². The van der Waals surface area contributed by atoms with E-state index >= 15 is 0 Å². The molecule has 0 amide bonds. The first kappa shape index (κ1) is 14.0. The zero-order valence-electron chi connectivity index (χ0n) is 10.2. The summed E-state index contributed by atoms with van der Waals surface area (Å²) in [4.78, 5) is 3.96. The van der Waals surface area contributed by atoms with E-state index in [0.29, 0.717) is 11.0 Å². The summed E-state index contributed by atoms with van der Waals surface area (Å²) in [7, 11) is 0. The molecule has 4 nitrogen and oxygen atoms in total. The number of ether oxygens (including phenoxy) is 1. The highest BCUT2D eigenvalue weighted by atomic mass is 35.5. The molecule has 0 aliphatic rings. The van der Waals surface area contributed by atoms with Gasteiger partial charge in [-0.05, 0) is 18.2 Å². The van der Waals surface area contributed by atoms with E-state index in [9.17, 15) is 0 Å². The van der Waals surface area contributed by atoms with E-state index in [1.807, 2.05) is 6.07 Å². The van der Waals surface area contributed by atoms with Gasteiger partial charge in [-0.25, -0.2) is 0 Å². The first-order valence-electron chi connectivity index (χ1n) is 5.71. The Morgan fingerprint density at radius 3 is 2.67 bits per heavy atom. The monoisotopic (exact) mass is 338 g/mol. The Labute approximate surface area is 134 Å². The van der Waals surface area contributed by atoms with Crippen LogP contribution in [0.5, 0.6) is 11.6 Å². The van der Waals surface area contributed by atoms with Gasteiger partial charge in [0.05, 0.1) is 10.4 Å². The molecule has 2 aromatic heterocycles. The number of para-hydroxylation sites is 1. The third kappa shape index (κ3) is 2.52. The predicted molar refractivity (Wildman–Crippen MR) is 80.3 cm³/mol. The number of rotatable bonds is 2. The molecule has 3 aromatic rings. The number of furan rings is 1. The van der Waals surface area contributed by atoms with Gasteiger partial charge in [0.25, 0.3) is 0 Å². The Morgan fingerprint density at radius 1 is 1.14 bits per heavy atom. The van der Waals surface area contributed by atoms with Crippen molar-refractivity contribution in [1.29, 1.82) is 5.26 Å². The summed E-state index contributed by atoms with van der Waals surface area (Å²) in [6, 6.07) is 10.4. The Bertz CT molecular complexity index is 884. The first-order valence-corrected chi connectivity index (χ1v) is 6.84. The molecule has 7 heteroatoms. The molecule has 0 spiro atoms. The SMILES string of the molecule is N#Cc1oc2ccccc2c1Oc1nc(Cl)c(Cl)cc1Cl. The molecule has 2 heterocycles. The van der Waals surface area contributed by atoms with Crippen LogP contribution in [0, 0.1) is 11.3 Å². The largest absolute Gasteiger partial charge is 0.442 e. The normalized spacial score (nSPS) is 10.6. The molecule has 1 aromatic carbocycles. The standard InChI is InChI=1S/C14H5Cl3N2O2/c15-8-5-9(16)14(19-13(8)17)21-12-7-3-1-2-4-10(7)20-11(12)6-18/h1-5H. The number of aromatic nitrogens is 1. The number of nitriles is 1. The number of fused-ring (bicyclic) bond motifs is 1. The van der Waals surface area contributed by atoms with Crippen LogP contribution < -0.4 is 4.74 Å². The Balaban J connectivity index is 2.14. The number of halogens is 3. The second-order valence-corrected chi connectivity index (χ2v) is 5.19. The summed E-state index contributed by atoms with van der Waals surface area (Å²) < 4.78 is 11.0. The number of benzene rings is 1. The smallest absolute Gasteiger partial charge is 0.247 e. The number of nitrogens with zero attached hydrogens (tertiary/aromatic N) is 2. The van der Waals surface area contributed by atoms with E-state index in [2.05, 4.69) is 4.98 Å². The predicted octanol–water partition coefficient (Wildman–Crippen LogP) is 5.45. The molecule has 0 unspecified atom stereocenters. The summed E-state index contributed by atoms with van der Waals surface area (Å²) in [6.45, 7) is 0. The van der Waals surface area contributed by atoms with E-state index in [0.717, 1.165) is 0 Å². The Kier molecular flexibility index (Phi) is 3.64. The quantitative estimate of drug-likeness (QED) is 0.582. The molecule has 0 saturated carbocycles. The van der Waals surface area contributed by atoms with Crippen LogP contribution in [0.3, 0.4) is 0 Å². The maximum atomic E-state index is 9.14. The molecule has 21 heavy (non-hydrogen) atoms. The van der Waals surface area contributed by atoms with Crippen LogP contribution in [0.25, 0.3) is 11.0 Å². The fourth-order valence-electron chi connectivity index (χ4n) is 1.79. The zero-order chi connectivity index (χ0) is 15.0. The van der Waals surface area contributed by atoms with Crippen molar-refractivity contribution in [3.05, 3.63) is 51.3 Å². The van der Waals surface area contributed by atoms with Crippen LogP contribution in [0.15, 0.2) is 34.7 Å². The second kappa shape index (κ2) is 5.45. The van der Waals surface area contributed by atoms with Crippen molar-refractivity contribution < 1.29 is 9.15 Å². The highest BCUT2D eigenvalue weighted by Crippen LogP contribution is 2.39. The number of hydrogen-bond donors (Lipinski definition) is 0. The highest BCUT2D eigenvalue weighted by Gasteiger charge is 2.18. The minimum Gasteiger partial charge on any atom is -0.442 e. The summed E-state index contributed by atoms with van der Waals surface area (Å²) >= 11 is 17.7. The highest BCUT2D eigenvalue weighted by molar-refractivity contribution is 6.42. The van der Waals surface area contributed by atoms with Gasteiger partial charge in [-0.3, -0.25) is 0 Å². The van der Waals surface area contributed by atoms with E-state index in [4.69, 9.17) is 49.2 Å². The summed E-state index contributed by atoms with van der Waals surface area (Å²) in [5.41, 5.74) is 0.528. The summed E-state index contributed by atoms with van der Waals surface area (Å²) in [5, 5.41) is 10.2. The average Bonchev–Trinajstić information content (AvgIpc) is 2.83. The maximum absolute atomic E-state index is 9.14. The van der Waals surface area contributed by atoms with Crippen molar-refractivity contribution in [3.8, 4) is 17.7 Å². The molecule has 0 N–H and O–H groups in total. The van der Waals surface area contributed by atoms with E-state index < -0.39 is 0 Å². The molecule has 0 bridgehead atoms. The van der Waals surface area contributed by atoms with E-state index in [-0.39, 0.29) is 32.6 Å². The van der Waals surface area contributed by atoms with Gasteiger partial charge in [-0.1, -0.05) is 46.9 Å². The maximum Gasteiger partial charge on any atom is 0.247 e. The first-order chi connectivity index (χ1) is 10.1. The van der Waals surface area contributed by atoms with Crippen LogP contribution in [-0.4, -0.2) is 4.98 Å². The van der Waals surface area contributed by atoms with Crippen molar-refractivity contribution >= 4 is 45.8 Å². The minimum absolute atomic E-state index is 0.0279. The fourth-order valence-corrected chi connectivity index (χ4v) is 2.32. The summed E-state index contributed by atoms with van der Waals surface area (Å²) in [6.07, 6.45) is 0. The third-order valence-corrected chi connectivity index (χ3v) is 3.65. The molecule has 0 saturated heterocycles. The van der Waals surface area contributed by atoms with Gasteiger partial charge >= 0.3 is 0 Å². The van der Waals surface area contributed by atoms with Crippen molar-refractivity contribution in [2.75, 3.05) is 0 Å². The van der Waals surface area contributed by atoms with E-state index in [1.54, 1.807) is 24.3 Å². The van der Waals surface area contributed by atoms with Gasteiger partial charge in [-0.2, -0.15) is 10.2 Å².